The van der Waals surface area contributed by atoms with E-state index in [2.05, 4.69) is 46.0 Å². The zero-order valence-electron chi connectivity index (χ0n) is 23.4. The van der Waals surface area contributed by atoms with E-state index in [9.17, 15) is 5.11 Å². The monoisotopic (exact) mass is 528 g/mol. The van der Waals surface area contributed by atoms with Gasteiger partial charge in [-0.05, 0) is 59.9 Å². The Morgan fingerprint density at radius 1 is 0.919 bits per heavy atom. The molecular formula is C30H44O6Si. The lowest BCUT2D eigenvalue weighted by atomic mass is 9.87. The Bertz CT molecular complexity index is 998. The van der Waals surface area contributed by atoms with Gasteiger partial charge in [-0.15, -0.1) is 0 Å². The third kappa shape index (κ3) is 8.16. The molecule has 0 radical (unpaired) electrons. The van der Waals surface area contributed by atoms with Gasteiger partial charge >= 0.3 is 0 Å². The highest BCUT2D eigenvalue weighted by molar-refractivity contribution is 6.74. The summed E-state index contributed by atoms with van der Waals surface area (Å²) in [6.45, 7) is 12.1. The highest BCUT2D eigenvalue weighted by atomic mass is 28.4. The van der Waals surface area contributed by atoms with E-state index in [1.807, 2.05) is 48.5 Å². The molecule has 0 bridgehead atoms. The number of hydrogen-bond donors (Lipinski definition) is 1. The molecule has 0 unspecified atom stereocenters. The van der Waals surface area contributed by atoms with Crippen LogP contribution in [0.4, 0.5) is 0 Å². The molecular weight excluding hydrogens is 484 g/mol. The first-order valence-corrected chi connectivity index (χ1v) is 15.9. The van der Waals surface area contributed by atoms with E-state index in [4.69, 9.17) is 23.4 Å². The standard InChI is InChI=1S/C30H44O6Si/c1-30(2,3)37(6,7)36-27-16-13-24(18-28(27)34-21-23-9-8-10-26(17-23)33-5)29(19-31)35-20-22-11-14-25(32-4)15-12-22/h8-17,24,27-29,31H,18-21H2,1-7H3/t24-,27-,28+,29+/m1/s1. The maximum absolute atomic E-state index is 10.2. The smallest absolute Gasteiger partial charge is 0.193 e. The lowest BCUT2D eigenvalue weighted by molar-refractivity contribution is -0.0704. The van der Waals surface area contributed by atoms with Crippen LogP contribution in [0.1, 0.15) is 38.3 Å². The number of aliphatic hydroxyl groups excluding tert-OH is 1. The first kappa shape index (κ1) is 29.4. The Balaban J connectivity index is 1.73. The summed E-state index contributed by atoms with van der Waals surface area (Å²) >= 11 is 0. The molecule has 1 aliphatic rings. The second-order valence-electron chi connectivity index (χ2n) is 11.2. The van der Waals surface area contributed by atoms with E-state index >= 15 is 0 Å². The number of ether oxygens (including phenoxy) is 4. The maximum atomic E-state index is 10.2. The van der Waals surface area contributed by atoms with E-state index < -0.39 is 8.32 Å². The Morgan fingerprint density at radius 3 is 2.24 bits per heavy atom. The van der Waals surface area contributed by atoms with Crippen molar-refractivity contribution >= 4 is 8.32 Å². The minimum Gasteiger partial charge on any atom is -0.497 e. The molecule has 3 rings (SSSR count). The van der Waals surface area contributed by atoms with Gasteiger partial charge in [0.1, 0.15) is 11.5 Å². The highest BCUT2D eigenvalue weighted by Gasteiger charge is 2.42. The van der Waals surface area contributed by atoms with Crippen molar-refractivity contribution in [3.63, 3.8) is 0 Å². The predicted molar refractivity (Wildman–Crippen MR) is 150 cm³/mol. The van der Waals surface area contributed by atoms with E-state index in [0.29, 0.717) is 19.6 Å². The Hall–Kier alpha value is -2.16. The van der Waals surface area contributed by atoms with Gasteiger partial charge in [-0.3, -0.25) is 0 Å². The molecule has 2 aromatic rings. The number of benzene rings is 2. The van der Waals surface area contributed by atoms with Gasteiger partial charge in [0.25, 0.3) is 0 Å². The lowest BCUT2D eigenvalue weighted by Gasteiger charge is -2.42. The minimum atomic E-state index is -2.02. The van der Waals surface area contributed by atoms with Gasteiger partial charge in [0, 0.05) is 5.92 Å². The van der Waals surface area contributed by atoms with Crippen LogP contribution in [0.2, 0.25) is 18.1 Å². The molecule has 1 aliphatic carbocycles. The predicted octanol–water partition coefficient (Wildman–Crippen LogP) is 6.13. The topological polar surface area (TPSA) is 66.4 Å². The fraction of sp³-hybridized carbons (Fsp3) is 0.533. The van der Waals surface area contributed by atoms with Gasteiger partial charge in [-0.1, -0.05) is 57.2 Å². The van der Waals surface area contributed by atoms with Gasteiger partial charge in [0.05, 0.1) is 52.4 Å². The molecule has 204 valence electrons. The van der Waals surface area contributed by atoms with Crippen LogP contribution in [0, 0.1) is 5.92 Å². The molecule has 4 atom stereocenters. The molecule has 0 aromatic heterocycles. The van der Waals surface area contributed by atoms with Crippen molar-refractivity contribution in [3.05, 3.63) is 71.8 Å². The first-order valence-electron chi connectivity index (χ1n) is 13.0. The number of hydrogen-bond acceptors (Lipinski definition) is 6. The summed E-state index contributed by atoms with van der Waals surface area (Å²) in [6, 6.07) is 15.7. The SMILES string of the molecule is COc1ccc(CO[C@@H](CO)[C@@H]2C=C[C@@H](O[Si](C)(C)C(C)(C)C)[C@@H](OCc3cccc(OC)c3)C2)cc1. The third-order valence-corrected chi connectivity index (χ3v) is 12.0. The molecule has 0 amide bonds. The molecule has 1 N–H and O–H groups in total. The fourth-order valence-electron chi connectivity index (χ4n) is 4.13. The summed E-state index contributed by atoms with van der Waals surface area (Å²) in [6.07, 6.45) is 4.31. The van der Waals surface area contributed by atoms with Crippen molar-refractivity contribution in [2.45, 2.75) is 76.8 Å². The first-order chi connectivity index (χ1) is 17.6. The van der Waals surface area contributed by atoms with Gasteiger partial charge < -0.3 is 28.5 Å². The fourth-order valence-corrected chi connectivity index (χ4v) is 5.39. The molecule has 0 saturated carbocycles. The average molecular weight is 529 g/mol. The van der Waals surface area contributed by atoms with Gasteiger partial charge in [-0.2, -0.15) is 0 Å². The molecule has 7 heteroatoms. The van der Waals surface area contributed by atoms with Crippen molar-refractivity contribution in [1.82, 2.24) is 0 Å². The van der Waals surface area contributed by atoms with E-state index in [-0.39, 0.29) is 35.9 Å². The zero-order chi connectivity index (χ0) is 27.1. The van der Waals surface area contributed by atoms with Crippen molar-refractivity contribution < 1.29 is 28.5 Å². The largest absolute Gasteiger partial charge is 0.497 e. The van der Waals surface area contributed by atoms with Crippen LogP contribution in [0.3, 0.4) is 0 Å². The molecule has 0 aliphatic heterocycles. The summed E-state index contributed by atoms with van der Waals surface area (Å²) < 4.78 is 30.1. The third-order valence-electron chi connectivity index (χ3n) is 7.53. The Morgan fingerprint density at radius 2 is 1.62 bits per heavy atom. The van der Waals surface area contributed by atoms with Gasteiger partial charge in [-0.25, -0.2) is 0 Å². The minimum absolute atomic E-state index is 0.0119. The highest BCUT2D eigenvalue weighted by Crippen LogP contribution is 2.39. The van der Waals surface area contributed by atoms with Crippen LogP contribution < -0.4 is 9.47 Å². The summed E-state index contributed by atoms with van der Waals surface area (Å²) in [4.78, 5) is 0. The summed E-state index contributed by atoms with van der Waals surface area (Å²) in [5.41, 5.74) is 2.08. The Kier molecular flexibility index (Phi) is 10.4. The quantitative estimate of drug-likeness (QED) is 0.264. The van der Waals surface area contributed by atoms with Crippen LogP contribution in [0.25, 0.3) is 0 Å². The van der Waals surface area contributed by atoms with Crippen LogP contribution in [0.15, 0.2) is 60.7 Å². The molecule has 0 fully saturated rings. The van der Waals surface area contributed by atoms with Crippen LogP contribution in [-0.2, 0) is 27.1 Å². The van der Waals surface area contributed by atoms with Crippen LogP contribution in [-0.4, -0.2) is 52.6 Å². The Labute approximate surface area is 223 Å². The number of aliphatic hydroxyl groups is 1. The van der Waals surface area contributed by atoms with Crippen LogP contribution in [0.5, 0.6) is 11.5 Å². The zero-order valence-corrected chi connectivity index (χ0v) is 24.4. The summed E-state index contributed by atoms with van der Waals surface area (Å²) in [5, 5.41) is 10.3. The van der Waals surface area contributed by atoms with Crippen molar-refractivity contribution in [3.8, 4) is 11.5 Å². The second kappa shape index (κ2) is 13.1. The summed E-state index contributed by atoms with van der Waals surface area (Å²) in [5.74, 6) is 1.63. The van der Waals surface area contributed by atoms with E-state index in [1.54, 1.807) is 14.2 Å². The maximum Gasteiger partial charge on any atom is 0.193 e. The van der Waals surface area contributed by atoms with Crippen LogP contribution >= 0.6 is 0 Å². The van der Waals surface area contributed by atoms with E-state index in [1.165, 1.54) is 0 Å². The molecule has 0 spiro atoms. The van der Waals surface area contributed by atoms with Gasteiger partial charge in [0.15, 0.2) is 8.32 Å². The van der Waals surface area contributed by atoms with Gasteiger partial charge in [0.2, 0.25) is 0 Å². The van der Waals surface area contributed by atoms with Crippen molar-refractivity contribution in [2.75, 3.05) is 20.8 Å². The molecule has 37 heavy (non-hydrogen) atoms. The number of rotatable bonds is 12. The van der Waals surface area contributed by atoms with Crippen molar-refractivity contribution in [1.29, 1.82) is 0 Å². The normalized spacial score (nSPS) is 21.0. The summed E-state index contributed by atoms with van der Waals surface area (Å²) in [7, 11) is 1.29. The average Bonchev–Trinajstić information content (AvgIpc) is 2.88. The molecule has 0 heterocycles. The van der Waals surface area contributed by atoms with Crippen molar-refractivity contribution in [2.24, 2.45) is 5.92 Å². The molecule has 2 aromatic carbocycles. The number of methoxy groups -OCH3 is 2. The van der Waals surface area contributed by atoms with E-state index in [0.717, 1.165) is 22.6 Å². The molecule has 6 nitrogen and oxygen atoms in total. The molecule has 0 saturated heterocycles. The lowest BCUT2D eigenvalue weighted by Crippen LogP contribution is -2.49. The second-order valence-corrected chi connectivity index (χ2v) is 16.0.